The van der Waals surface area contributed by atoms with Gasteiger partial charge in [-0.05, 0) is 36.9 Å². The summed E-state index contributed by atoms with van der Waals surface area (Å²) in [5, 5.41) is 0.802. The van der Waals surface area contributed by atoms with Gasteiger partial charge >= 0.3 is 0 Å². The molecule has 0 heterocycles. The number of nitrogens with zero attached hydrogens (tertiary/aromatic N) is 1. The van der Waals surface area contributed by atoms with Crippen LogP contribution in [-0.2, 0) is 11.3 Å². The number of hydrogen-bond acceptors (Lipinski definition) is 2. The standard InChI is InChI=1S/C17H24ClNO/c1-12-8-13(2)15(17(20)9-12)11-19(3)10-14-6-4-5-7-16(14)18/h4-7,12-13,15H,8-11H2,1-3H3. The molecule has 0 amide bonds. The summed E-state index contributed by atoms with van der Waals surface area (Å²) >= 11 is 6.19. The number of carbonyl (C=O) groups is 1. The highest BCUT2D eigenvalue weighted by Crippen LogP contribution is 2.31. The molecule has 0 aliphatic heterocycles. The van der Waals surface area contributed by atoms with Crippen LogP contribution in [0.25, 0.3) is 0 Å². The third-order valence-electron chi connectivity index (χ3n) is 4.33. The van der Waals surface area contributed by atoms with Crippen molar-refractivity contribution >= 4 is 17.4 Å². The van der Waals surface area contributed by atoms with E-state index >= 15 is 0 Å². The Labute approximate surface area is 127 Å². The first kappa shape index (κ1) is 15.5. The van der Waals surface area contributed by atoms with E-state index in [1.165, 1.54) is 0 Å². The molecule has 1 aromatic rings. The Balaban J connectivity index is 1.96. The molecule has 3 unspecified atom stereocenters. The molecule has 1 aromatic carbocycles. The number of ketones is 1. The van der Waals surface area contributed by atoms with Crippen LogP contribution in [0.1, 0.15) is 32.3 Å². The quantitative estimate of drug-likeness (QED) is 0.835. The van der Waals surface area contributed by atoms with E-state index < -0.39 is 0 Å². The van der Waals surface area contributed by atoms with Gasteiger partial charge in [0.05, 0.1) is 0 Å². The molecule has 0 radical (unpaired) electrons. The fourth-order valence-corrected chi connectivity index (χ4v) is 3.49. The van der Waals surface area contributed by atoms with Gasteiger partial charge in [0.2, 0.25) is 0 Å². The first-order valence-electron chi connectivity index (χ1n) is 7.42. The van der Waals surface area contributed by atoms with Crippen LogP contribution in [0.2, 0.25) is 5.02 Å². The fraction of sp³-hybridized carbons (Fsp3) is 0.588. The molecule has 3 heteroatoms. The zero-order valence-corrected chi connectivity index (χ0v) is 13.4. The Bertz CT molecular complexity index is 474. The zero-order valence-electron chi connectivity index (χ0n) is 12.6. The van der Waals surface area contributed by atoms with Crippen molar-refractivity contribution in [1.82, 2.24) is 4.90 Å². The Morgan fingerprint density at radius 3 is 2.65 bits per heavy atom. The minimum atomic E-state index is 0.179. The minimum absolute atomic E-state index is 0.179. The van der Waals surface area contributed by atoms with Gasteiger partial charge in [-0.1, -0.05) is 43.6 Å². The number of carbonyl (C=O) groups excluding carboxylic acids is 1. The van der Waals surface area contributed by atoms with Crippen molar-refractivity contribution in [3.8, 4) is 0 Å². The van der Waals surface area contributed by atoms with E-state index in [-0.39, 0.29) is 5.92 Å². The third-order valence-corrected chi connectivity index (χ3v) is 4.70. The molecule has 1 aliphatic rings. The van der Waals surface area contributed by atoms with Gasteiger partial charge in [-0.15, -0.1) is 0 Å². The number of Topliss-reactive ketones (excluding diaryl/α,β-unsaturated/α-hetero) is 1. The van der Waals surface area contributed by atoms with E-state index in [1.54, 1.807) is 0 Å². The molecule has 1 aliphatic carbocycles. The minimum Gasteiger partial charge on any atom is -0.301 e. The van der Waals surface area contributed by atoms with Gasteiger partial charge in [-0.2, -0.15) is 0 Å². The van der Waals surface area contributed by atoms with Crippen LogP contribution in [0, 0.1) is 17.8 Å². The van der Waals surface area contributed by atoms with Gasteiger partial charge < -0.3 is 4.90 Å². The van der Waals surface area contributed by atoms with Gasteiger partial charge in [-0.25, -0.2) is 0 Å². The second kappa shape index (κ2) is 6.73. The van der Waals surface area contributed by atoms with Crippen molar-refractivity contribution in [2.24, 2.45) is 17.8 Å². The highest BCUT2D eigenvalue weighted by Gasteiger charge is 2.32. The SMILES string of the molecule is CC1CC(=O)C(CN(C)Cc2ccccc2Cl)C(C)C1. The predicted octanol–water partition coefficient (Wildman–Crippen LogP) is 4.02. The fourth-order valence-electron chi connectivity index (χ4n) is 3.29. The topological polar surface area (TPSA) is 20.3 Å². The highest BCUT2D eigenvalue weighted by atomic mass is 35.5. The molecule has 0 N–H and O–H groups in total. The van der Waals surface area contributed by atoms with Crippen LogP contribution in [0.3, 0.4) is 0 Å². The van der Waals surface area contributed by atoms with Gasteiger partial charge in [0.15, 0.2) is 0 Å². The molecular weight excluding hydrogens is 270 g/mol. The number of rotatable bonds is 4. The second-order valence-corrected chi connectivity index (χ2v) is 6.79. The molecule has 0 saturated heterocycles. The molecular formula is C17H24ClNO. The Kier molecular flexibility index (Phi) is 5.22. The number of halogens is 1. The van der Waals surface area contributed by atoms with E-state index in [0.29, 0.717) is 17.6 Å². The zero-order chi connectivity index (χ0) is 14.7. The summed E-state index contributed by atoms with van der Waals surface area (Å²) in [6.07, 6.45) is 1.91. The van der Waals surface area contributed by atoms with Crippen molar-refractivity contribution < 1.29 is 4.79 Å². The van der Waals surface area contributed by atoms with Gasteiger partial charge in [0.25, 0.3) is 0 Å². The maximum Gasteiger partial charge on any atom is 0.137 e. The summed E-state index contributed by atoms with van der Waals surface area (Å²) in [5.41, 5.74) is 1.13. The van der Waals surface area contributed by atoms with Crippen LogP contribution in [0.4, 0.5) is 0 Å². The van der Waals surface area contributed by atoms with Gasteiger partial charge in [0.1, 0.15) is 5.78 Å². The third kappa shape index (κ3) is 3.83. The Hall–Kier alpha value is -0.860. The smallest absolute Gasteiger partial charge is 0.137 e. The number of hydrogen-bond donors (Lipinski definition) is 0. The molecule has 1 fully saturated rings. The average Bonchev–Trinajstić information content (AvgIpc) is 2.36. The second-order valence-electron chi connectivity index (χ2n) is 6.38. The lowest BCUT2D eigenvalue weighted by Gasteiger charge is -2.34. The van der Waals surface area contributed by atoms with Crippen LogP contribution in [0.5, 0.6) is 0 Å². The van der Waals surface area contributed by atoms with E-state index in [9.17, 15) is 4.79 Å². The summed E-state index contributed by atoms with van der Waals surface area (Å²) in [7, 11) is 2.07. The van der Waals surface area contributed by atoms with E-state index in [2.05, 4.69) is 25.8 Å². The van der Waals surface area contributed by atoms with Crippen molar-refractivity contribution in [3.63, 3.8) is 0 Å². The average molecular weight is 294 g/mol. The maximum atomic E-state index is 12.2. The first-order chi connectivity index (χ1) is 9.47. The summed E-state index contributed by atoms with van der Waals surface area (Å²) < 4.78 is 0. The molecule has 2 nitrogen and oxygen atoms in total. The largest absolute Gasteiger partial charge is 0.301 e. The first-order valence-corrected chi connectivity index (χ1v) is 7.79. The van der Waals surface area contributed by atoms with E-state index in [1.807, 2.05) is 24.3 Å². The van der Waals surface area contributed by atoms with Crippen molar-refractivity contribution in [3.05, 3.63) is 34.9 Å². The predicted molar refractivity (Wildman–Crippen MR) is 83.8 cm³/mol. The molecule has 3 atom stereocenters. The monoisotopic (exact) mass is 293 g/mol. The summed E-state index contributed by atoms with van der Waals surface area (Å²) in [4.78, 5) is 14.4. The number of benzene rings is 1. The van der Waals surface area contributed by atoms with Crippen molar-refractivity contribution in [2.45, 2.75) is 33.2 Å². The Morgan fingerprint density at radius 2 is 2.00 bits per heavy atom. The lowest BCUT2D eigenvalue weighted by molar-refractivity contribution is -0.128. The van der Waals surface area contributed by atoms with Gasteiger partial charge in [0, 0.05) is 30.5 Å². The molecule has 0 spiro atoms. The van der Waals surface area contributed by atoms with Crippen LogP contribution in [-0.4, -0.2) is 24.3 Å². The van der Waals surface area contributed by atoms with E-state index in [0.717, 1.165) is 36.5 Å². The highest BCUT2D eigenvalue weighted by molar-refractivity contribution is 6.31. The van der Waals surface area contributed by atoms with Crippen LogP contribution < -0.4 is 0 Å². The molecule has 0 bridgehead atoms. The molecule has 20 heavy (non-hydrogen) atoms. The maximum absolute atomic E-state index is 12.2. The van der Waals surface area contributed by atoms with E-state index in [4.69, 9.17) is 11.6 Å². The summed E-state index contributed by atoms with van der Waals surface area (Å²) in [6, 6.07) is 7.92. The van der Waals surface area contributed by atoms with Gasteiger partial charge in [-0.3, -0.25) is 4.79 Å². The summed E-state index contributed by atoms with van der Waals surface area (Å²) in [5.74, 6) is 1.64. The van der Waals surface area contributed by atoms with Crippen LogP contribution >= 0.6 is 11.6 Å². The molecule has 1 saturated carbocycles. The molecule has 0 aromatic heterocycles. The summed E-state index contributed by atoms with van der Waals surface area (Å²) in [6.45, 7) is 6.02. The molecule has 110 valence electrons. The Morgan fingerprint density at radius 1 is 1.30 bits per heavy atom. The normalized spacial score (nSPS) is 27.1. The van der Waals surface area contributed by atoms with Crippen LogP contribution in [0.15, 0.2) is 24.3 Å². The lowest BCUT2D eigenvalue weighted by atomic mass is 9.74. The van der Waals surface area contributed by atoms with Crippen molar-refractivity contribution in [2.75, 3.05) is 13.6 Å². The molecule has 2 rings (SSSR count). The lowest BCUT2D eigenvalue weighted by Crippen LogP contribution is -2.38. The van der Waals surface area contributed by atoms with Crippen molar-refractivity contribution in [1.29, 1.82) is 0 Å².